The molecule has 1 atom stereocenters. The van der Waals surface area contributed by atoms with Crippen molar-refractivity contribution in [2.24, 2.45) is 0 Å². The van der Waals surface area contributed by atoms with Crippen LogP contribution in [0.25, 0.3) is 5.69 Å². The van der Waals surface area contributed by atoms with Crippen molar-refractivity contribution < 1.29 is 4.79 Å². The van der Waals surface area contributed by atoms with Crippen molar-refractivity contribution in [3.63, 3.8) is 0 Å². The summed E-state index contributed by atoms with van der Waals surface area (Å²) in [5.41, 5.74) is 2.16. The second-order valence-electron chi connectivity index (χ2n) is 4.99. The highest BCUT2D eigenvalue weighted by Gasteiger charge is 2.17. The second-order valence-corrected chi connectivity index (χ2v) is 5.84. The number of nitrogens with one attached hydrogen (secondary N) is 1. The first kappa shape index (κ1) is 15.4. The summed E-state index contributed by atoms with van der Waals surface area (Å²) < 4.78 is 2.43. The number of carbonyl (C=O) groups is 1. The number of para-hydroxylation sites is 1. The molecule has 0 aliphatic rings. The zero-order valence-electron chi connectivity index (χ0n) is 12.3. The Balaban J connectivity index is 1.86. The Morgan fingerprint density at radius 1 is 1.17 bits per heavy atom. The molecule has 1 heterocycles. The van der Waals surface area contributed by atoms with E-state index in [4.69, 9.17) is 0 Å². The molecule has 116 valence electrons. The fraction of sp³-hybridized carbons (Fsp3) is 0.125. The van der Waals surface area contributed by atoms with Gasteiger partial charge in [-0.2, -0.15) is 4.68 Å². The highest BCUT2D eigenvalue weighted by molar-refractivity contribution is 9.10. The van der Waals surface area contributed by atoms with E-state index in [9.17, 15) is 4.79 Å². The van der Waals surface area contributed by atoms with Crippen molar-refractivity contribution in [3.8, 4) is 5.69 Å². The average Bonchev–Trinajstić information content (AvgIpc) is 3.09. The van der Waals surface area contributed by atoms with Gasteiger partial charge in [-0.25, -0.2) is 0 Å². The SMILES string of the molecule is CC(NC(=O)c1ccccc1-n1cnnn1)c1ccccc1Br. The van der Waals surface area contributed by atoms with Crippen LogP contribution in [0.5, 0.6) is 0 Å². The molecule has 0 spiro atoms. The topological polar surface area (TPSA) is 72.7 Å². The number of hydrogen-bond donors (Lipinski definition) is 1. The van der Waals surface area contributed by atoms with Gasteiger partial charge in [-0.1, -0.05) is 46.3 Å². The van der Waals surface area contributed by atoms with Gasteiger partial charge in [0.1, 0.15) is 6.33 Å². The highest BCUT2D eigenvalue weighted by Crippen LogP contribution is 2.23. The highest BCUT2D eigenvalue weighted by atomic mass is 79.9. The normalized spacial score (nSPS) is 11.9. The van der Waals surface area contributed by atoms with Crippen LogP contribution in [-0.2, 0) is 0 Å². The average molecular weight is 372 g/mol. The Morgan fingerprint density at radius 3 is 2.65 bits per heavy atom. The van der Waals surface area contributed by atoms with Gasteiger partial charge >= 0.3 is 0 Å². The van der Waals surface area contributed by atoms with E-state index < -0.39 is 0 Å². The molecule has 0 aliphatic carbocycles. The molecule has 7 heteroatoms. The van der Waals surface area contributed by atoms with E-state index in [0.29, 0.717) is 11.3 Å². The van der Waals surface area contributed by atoms with E-state index in [1.165, 1.54) is 11.0 Å². The van der Waals surface area contributed by atoms with E-state index >= 15 is 0 Å². The number of aromatic nitrogens is 4. The lowest BCUT2D eigenvalue weighted by Gasteiger charge is -2.17. The molecular weight excluding hydrogens is 358 g/mol. The summed E-state index contributed by atoms with van der Waals surface area (Å²) in [5, 5.41) is 14.1. The van der Waals surface area contributed by atoms with Crippen LogP contribution < -0.4 is 5.32 Å². The lowest BCUT2D eigenvalue weighted by molar-refractivity contribution is 0.0939. The molecule has 3 rings (SSSR count). The molecule has 0 radical (unpaired) electrons. The maximum absolute atomic E-state index is 12.6. The van der Waals surface area contributed by atoms with E-state index in [-0.39, 0.29) is 11.9 Å². The maximum atomic E-state index is 12.6. The number of hydrogen-bond acceptors (Lipinski definition) is 4. The number of nitrogens with zero attached hydrogens (tertiary/aromatic N) is 4. The van der Waals surface area contributed by atoms with Crippen LogP contribution in [-0.4, -0.2) is 26.1 Å². The van der Waals surface area contributed by atoms with Crippen LogP contribution in [0.3, 0.4) is 0 Å². The van der Waals surface area contributed by atoms with Gasteiger partial charge in [-0.15, -0.1) is 5.10 Å². The van der Waals surface area contributed by atoms with Crippen LogP contribution in [0.2, 0.25) is 0 Å². The molecule has 1 unspecified atom stereocenters. The van der Waals surface area contributed by atoms with Gasteiger partial charge in [-0.3, -0.25) is 4.79 Å². The number of amides is 1. The quantitative estimate of drug-likeness (QED) is 0.765. The molecule has 1 aromatic heterocycles. The summed E-state index contributed by atoms with van der Waals surface area (Å²) in [6, 6.07) is 14.9. The van der Waals surface area contributed by atoms with Crippen LogP contribution in [0.15, 0.2) is 59.3 Å². The number of benzene rings is 2. The van der Waals surface area contributed by atoms with Crippen LogP contribution in [0.4, 0.5) is 0 Å². The molecule has 0 fully saturated rings. The van der Waals surface area contributed by atoms with Crippen molar-refractivity contribution in [2.75, 3.05) is 0 Å². The molecule has 3 aromatic rings. The molecule has 0 saturated carbocycles. The summed E-state index contributed by atoms with van der Waals surface area (Å²) in [5.74, 6) is -0.181. The van der Waals surface area contributed by atoms with E-state index in [0.717, 1.165) is 10.0 Å². The summed E-state index contributed by atoms with van der Waals surface area (Å²) in [4.78, 5) is 12.6. The lowest BCUT2D eigenvalue weighted by Crippen LogP contribution is -2.28. The number of rotatable bonds is 4. The molecule has 0 bridgehead atoms. The predicted molar refractivity (Wildman–Crippen MR) is 89.2 cm³/mol. The van der Waals surface area contributed by atoms with Crippen molar-refractivity contribution in [2.45, 2.75) is 13.0 Å². The first-order valence-corrected chi connectivity index (χ1v) is 7.84. The van der Waals surface area contributed by atoms with Gasteiger partial charge in [0.2, 0.25) is 0 Å². The van der Waals surface area contributed by atoms with Crippen molar-refractivity contribution in [1.29, 1.82) is 0 Å². The molecule has 1 N–H and O–H groups in total. The minimum atomic E-state index is -0.181. The Kier molecular flexibility index (Phi) is 4.47. The molecular formula is C16H14BrN5O. The summed E-state index contributed by atoms with van der Waals surface area (Å²) in [7, 11) is 0. The Morgan fingerprint density at radius 2 is 1.91 bits per heavy atom. The molecule has 0 aliphatic heterocycles. The largest absolute Gasteiger partial charge is 0.345 e. The van der Waals surface area contributed by atoms with Crippen molar-refractivity contribution in [3.05, 3.63) is 70.5 Å². The molecule has 2 aromatic carbocycles. The molecule has 0 saturated heterocycles. The van der Waals surface area contributed by atoms with Crippen LogP contribution in [0, 0.1) is 0 Å². The van der Waals surface area contributed by atoms with Crippen molar-refractivity contribution in [1.82, 2.24) is 25.5 Å². The van der Waals surface area contributed by atoms with Gasteiger partial charge in [-0.05, 0) is 41.1 Å². The fourth-order valence-corrected chi connectivity index (χ4v) is 2.94. The Hall–Kier alpha value is -2.54. The Bertz CT molecular complexity index is 819. The van der Waals surface area contributed by atoms with E-state index in [1.807, 2.05) is 43.3 Å². The summed E-state index contributed by atoms with van der Waals surface area (Å²) in [6.07, 6.45) is 1.46. The molecule has 6 nitrogen and oxygen atoms in total. The first-order chi connectivity index (χ1) is 11.2. The zero-order chi connectivity index (χ0) is 16.2. The monoisotopic (exact) mass is 371 g/mol. The van der Waals surface area contributed by atoms with Crippen molar-refractivity contribution >= 4 is 21.8 Å². The number of tetrazole rings is 1. The third-order valence-electron chi connectivity index (χ3n) is 3.46. The zero-order valence-corrected chi connectivity index (χ0v) is 13.9. The standard InChI is InChI=1S/C16H14BrN5O/c1-11(12-6-2-4-8-14(12)17)19-16(23)13-7-3-5-9-15(13)22-10-18-20-21-22/h2-11H,1H3,(H,19,23). The van der Waals surface area contributed by atoms with Gasteiger partial charge in [0, 0.05) is 4.47 Å². The first-order valence-electron chi connectivity index (χ1n) is 7.04. The third kappa shape index (κ3) is 3.29. The Labute approximate surface area is 141 Å². The van der Waals surface area contributed by atoms with Gasteiger partial charge in [0.25, 0.3) is 5.91 Å². The van der Waals surface area contributed by atoms with Crippen LogP contribution in [0.1, 0.15) is 28.9 Å². The summed E-state index contributed by atoms with van der Waals surface area (Å²) >= 11 is 3.51. The lowest BCUT2D eigenvalue weighted by atomic mass is 10.1. The fourth-order valence-electron chi connectivity index (χ4n) is 2.32. The predicted octanol–water partition coefficient (Wildman–Crippen LogP) is 2.92. The maximum Gasteiger partial charge on any atom is 0.253 e. The van der Waals surface area contributed by atoms with Gasteiger partial charge in [0.05, 0.1) is 17.3 Å². The molecule has 23 heavy (non-hydrogen) atoms. The van der Waals surface area contributed by atoms with E-state index in [1.54, 1.807) is 12.1 Å². The minimum Gasteiger partial charge on any atom is -0.345 e. The van der Waals surface area contributed by atoms with Crippen LogP contribution >= 0.6 is 15.9 Å². The minimum absolute atomic E-state index is 0.139. The number of carbonyl (C=O) groups excluding carboxylic acids is 1. The second kappa shape index (κ2) is 6.70. The molecule has 1 amide bonds. The number of halogens is 1. The summed E-state index contributed by atoms with van der Waals surface area (Å²) in [6.45, 7) is 1.94. The van der Waals surface area contributed by atoms with Gasteiger partial charge < -0.3 is 5.32 Å². The third-order valence-corrected chi connectivity index (χ3v) is 4.19. The van der Waals surface area contributed by atoms with Gasteiger partial charge in [0.15, 0.2) is 0 Å². The van der Waals surface area contributed by atoms with E-state index in [2.05, 4.69) is 36.8 Å². The smallest absolute Gasteiger partial charge is 0.253 e.